The van der Waals surface area contributed by atoms with Crippen molar-refractivity contribution in [2.45, 2.75) is 6.42 Å². The number of non-ortho nitro benzene ring substituents is 1. The molecule has 8 nitrogen and oxygen atoms in total. The van der Waals surface area contributed by atoms with Gasteiger partial charge in [0, 0.05) is 18.6 Å². The average molecular weight is 370 g/mol. The van der Waals surface area contributed by atoms with Crippen LogP contribution in [0.5, 0.6) is 5.75 Å². The van der Waals surface area contributed by atoms with Crippen molar-refractivity contribution in [2.24, 2.45) is 0 Å². The maximum absolute atomic E-state index is 11.9. The van der Waals surface area contributed by atoms with Crippen LogP contribution >= 0.6 is 11.3 Å². The molecule has 0 aliphatic heterocycles. The van der Waals surface area contributed by atoms with Crippen molar-refractivity contribution in [1.82, 2.24) is 10.2 Å². The number of nitrogens with one attached hydrogen (secondary N) is 1. The van der Waals surface area contributed by atoms with Crippen LogP contribution in [0.25, 0.3) is 0 Å². The van der Waals surface area contributed by atoms with E-state index in [9.17, 15) is 14.9 Å². The lowest BCUT2D eigenvalue weighted by atomic mass is 10.2. The number of hydrogen-bond donors (Lipinski definition) is 1. The van der Waals surface area contributed by atoms with Crippen LogP contribution in [-0.4, -0.2) is 27.6 Å². The Morgan fingerprint density at radius 2 is 1.85 bits per heavy atom. The normalized spacial score (nSPS) is 10.3. The number of hydrogen-bond acceptors (Lipinski definition) is 7. The number of nitro groups is 1. The summed E-state index contributed by atoms with van der Waals surface area (Å²) in [4.78, 5) is 22.0. The van der Waals surface area contributed by atoms with E-state index in [0.29, 0.717) is 17.3 Å². The number of amides is 1. The third-order valence-electron chi connectivity index (χ3n) is 3.33. The van der Waals surface area contributed by atoms with Gasteiger partial charge in [0.15, 0.2) is 6.61 Å². The highest BCUT2D eigenvalue weighted by Gasteiger charge is 2.10. The van der Waals surface area contributed by atoms with Crippen LogP contribution in [0.3, 0.4) is 0 Å². The highest BCUT2D eigenvalue weighted by molar-refractivity contribution is 7.15. The number of carbonyl (C=O) groups is 1. The molecule has 3 aromatic rings. The molecule has 1 aromatic heterocycles. The summed E-state index contributed by atoms with van der Waals surface area (Å²) in [5, 5.41) is 22.4. The van der Waals surface area contributed by atoms with Crippen LogP contribution in [0.4, 0.5) is 10.8 Å². The second kappa shape index (κ2) is 8.17. The van der Waals surface area contributed by atoms with E-state index in [0.717, 1.165) is 10.6 Å². The van der Waals surface area contributed by atoms with Gasteiger partial charge in [-0.3, -0.25) is 20.2 Å². The van der Waals surface area contributed by atoms with Crippen LogP contribution < -0.4 is 10.1 Å². The zero-order chi connectivity index (χ0) is 18.4. The standard InChI is InChI=1S/C17H14N4O4S/c22-15(11-25-14-8-6-13(7-9-14)21(23)24)18-17-20-19-16(26-17)10-12-4-2-1-3-5-12/h1-9H,10-11H2,(H,18,20,22). The fraction of sp³-hybridized carbons (Fsp3) is 0.118. The van der Waals surface area contributed by atoms with Crippen LogP contribution in [-0.2, 0) is 11.2 Å². The number of benzene rings is 2. The summed E-state index contributed by atoms with van der Waals surface area (Å²) in [6.45, 7) is -0.231. The Labute approximate surface area is 152 Å². The van der Waals surface area contributed by atoms with Crippen LogP contribution in [0, 0.1) is 10.1 Å². The maximum atomic E-state index is 11.9. The smallest absolute Gasteiger partial charge is 0.269 e. The van der Waals surface area contributed by atoms with Gasteiger partial charge in [-0.25, -0.2) is 0 Å². The molecule has 0 fully saturated rings. The monoisotopic (exact) mass is 370 g/mol. The lowest BCUT2D eigenvalue weighted by Gasteiger charge is -2.05. The summed E-state index contributed by atoms with van der Waals surface area (Å²) >= 11 is 1.30. The first kappa shape index (κ1) is 17.5. The van der Waals surface area contributed by atoms with Gasteiger partial charge in [-0.2, -0.15) is 0 Å². The van der Waals surface area contributed by atoms with Crippen molar-refractivity contribution in [3.05, 3.63) is 75.3 Å². The van der Waals surface area contributed by atoms with E-state index in [1.807, 2.05) is 30.3 Å². The first-order chi connectivity index (χ1) is 12.6. The molecule has 0 atom stereocenters. The van der Waals surface area contributed by atoms with Gasteiger partial charge >= 0.3 is 0 Å². The van der Waals surface area contributed by atoms with Crippen LogP contribution in [0.1, 0.15) is 10.6 Å². The van der Waals surface area contributed by atoms with Crippen molar-refractivity contribution < 1.29 is 14.5 Å². The van der Waals surface area contributed by atoms with Gasteiger partial charge in [-0.1, -0.05) is 41.7 Å². The molecule has 26 heavy (non-hydrogen) atoms. The Bertz CT molecular complexity index is 897. The van der Waals surface area contributed by atoms with Gasteiger partial charge in [-0.15, -0.1) is 10.2 Å². The van der Waals surface area contributed by atoms with Crippen molar-refractivity contribution in [1.29, 1.82) is 0 Å². The van der Waals surface area contributed by atoms with E-state index in [-0.39, 0.29) is 18.2 Å². The predicted molar refractivity (Wildman–Crippen MR) is 96.4 cm³/mol. The Morgan fingerprint density at radius 1 is 1.12 bits per heavy atom. The van der Waals surface area contributed by atoms with Gasteiger partial charge < -0.3 is 4.74 Å². The first-order valence-electron chi connectivity index (χ1n) is 7.63. The fourth-order valence-electron chi connectivity index (χ4n) is 2.11. The second-order valence-corrected chi connectivity index (χ2v) is 6.31. The number of ether oxygens (including phenoxy) is 1. The summed E-state index contributed by atoms with van der Waals surface area (Å²) < 4.78 is 5.30. The van der Waals surface area contributed by atoms with E-state index in [4.69, 9.17) is 4.74 Å². The Morgan fingerprint density at radius 3 is 2.54 bits per heavy atom. The van der Waals surface area contributed by atoms with Crippen LogP contribution in [0.15, 0.2) is 54.6 Å². The van der Waals surface area contributed by atoms with Gasteiger partial charge in [0.05, 0.1) is 4.92 Å². The second-order valence-electron chi connectivity index (χ2n) is 5.25. The molecule has 3 rings (SSSR count). The SMILES string of the molecule is O=C(COc1ccc([N+](=O)[O-])cc1)Nc1nnc(Cc2ccccc2)s1. The quantitative estimate of drug-likeness (QED) is 0.506. The molecule has 0 saturated carbocycles. The van der Waals surface area contributed by atoms with Gasteiger partial charge in [0.1, 0.15) is 10.8 Å². The molecule has 9 heteroatoms. The maximum Gasteiger partial charge on any atom is 0.269 e. The summed E-state index contributed by atoms with van der Waals surface area (Å²) in [7, 11) is 0. The summed E-state index contributed by atoms with van der Waals surface area (Å²) in [6, 6.07) is 15.4. The van der Waals surface area contributed by atoms with Crippen molar-refractivity contribution >= 4 is 28.1 Å². The lowest BCUT2D eigenvalue weighted by molar-refractivity contribution is -0.384. The molecule has 132 valence electrons. The van der Waals surface area contributed by atoms with Gasteiger partial charge in [0.25, 0.3) is 11.6 Å². The average Bonchev–Trinajstić information content (AvgIpc) is 3.08. The van der Waals surface area contributed by atoms with E-state index < -0.39 is 4.92 Å². The minimum atomic E-state index is -0.501. The molecule has 0 bridgehead atoms. The van der Waals surface area contributed by atoms with Crippen LogP contribution in [0.2, 0.25) is 0 Å². The Hall–Kier alpha value is -3.33. The van der Waals surface area contributed by atoms with E-state index in [2.05, 4.69) is 15.5 Å². The number of anilines is 1. The zero-order valence-electron chi connectivity index (χ0n) is 13.5. The third-order valence-corrected chi connectivity index (χ3v) is 4.17. The third kappa shape index (κ3) is 4.84. The Kier molecular flexibility index (Phi) is 5.49. The molecule has 0 spiro atoms. The minimum absolute atomic E-state index is 0.0402. The fourth-order valence-corrected chi connectivity index (χ4v) is 2.90. The van der Waals surface area contributed by atoms with Crippen molar-refractivity contribution in [3.63, 3.8) is 0 Å². The molecule has 1 N–H and O–H groups in total. The molecule has 0 radical (unpaired) electrons. The first-order valence-corrected chi connectivity index (χ1v) is 8.45. The molecule has 2 aromatic carbocycles. The number of rotatable bonds is 7. The number of nitrogens with zero attached hydrogens (tertiary/aromatic N) is 3. The summed E-state index contributed by atoms with van der Waals surface area (Å²) in [5.41, 5.74) is 1.07. The number of carbonyl (C=O) groups excluding carboxylic acids is 1. The molecule has 1 amide bonds. The van der Waals surface area contributed by atoms with Crippen molar-refractivity contribution in [2.75, 3.05) is 11.9 Å². The van der Waals surface area contributed by atoms with E-state index in [1.54, 1.807) is 0 Å². The molecular formula is C17H14N4O4S. The number of aromatic nitrogens is 2. The molecule has 0 aliphatic carbocycles. The largest absolute Gasteiger partial charge is 0.484 e. The summed E-state index contributed by atoms with van der Waals surface area (Å²) in [6.07, 6.45) is 0.647. The Balaban J connectivity index is 1.50. The summed E-state index contributed by atoms with van der Waals surface area (Å²) in [5.74, 6) is -0.0152. The molecular weight excluding hydrogens is 356 g/mol. The van der Waals surface area contributed by atoms with Crippen molar-refractivity contribution in [3.8, 4) is 5.75 Å². The highest BCUT2D eigenvalue weighted by Crippen LogP contribution is 2.19. The molecule has 0 unspecified atom stereocenters. The molecule has 1 heterocycles. The molecule has 0 aliphatic rings. The van der Waals surface area contributed by atoms with E-state index in [1.165, 1.54) is 35.6 Å². The van der Waals surface area contributed by atoms with Gasteiger partial charge in [0.2, 0.25) is 5.13 Å². The lowest BCUT2D eigenvalue weighted by Crippen LogP contribution is -2.20. The highest BCUT2D eigenvalue weighted by atomic mass is 32.1. The zero-order valence-corrected chi connectivity index (χ0v) is 14.3. The van der Waals surface area contributed by atoms with Gasteiger partial charge in [-0.05, 0) is 17.7 Å². The minimum Gasteiger partial charge on any atom is -0.484 e. The topological polar surface area (TPSA) is 107 Å². The molecule has 0 saturated heterocycles. The number of nitro benzene ring substituents is 1. The predicted octanol–water partition coefficient (Wildman–Crippen LogP) is 3.05. The van der Waals surface area contributed by atoms with E-state index >= 15 is 0 Å².